The molecule has 1 aromatic heterocycles. The Hall–Kier alpha value is -3.55. The Morgan fingerprint density at radius 3 is 2.29 bits per heavy atom. The van der Waals surface area contributed by atoms with E-state index in [9.17, 15) is 9.59 Å². The van der Waals surface area contributed by atoms with Gasteiger partial charge in [-0.25, -0.2) is 0 Å². The molecule has 3 N–H and O–H groups in total. The van der Waals surface area contributed by atoms with Crippen molar-refractivity contribution >= 4 is 11.8 Å². The molecule has 0 saturated carbocycles. The van der Waals surface area contributed by atoms with E-state index in [0.717, 1.165) is 16.7 Å². The van der Waals surface area contributed by atoms with Crippen LogP contribution in [0.4, 0.5) is 0 Å². The first-order valence-corrected chi connectivity index (χ1v) is 10.4. The number of aromatic nitrogens is 4. The van der Waals surface area contributed by atoms with Gasteiger partial charge in [-0.1, -0.05) is 68.4 Å². The molecule has 0 aliphatic heterocycles. The summed E-state index contributed by atoms with van der Waals surface area (Å²) in [6.07, 6.45) is 0.982. The monoisotopic (exact) mass is 420 g/mol. The van der Waals surface area contributed by atoms with Gasteiger partial charge in [0.25, 0.3) is 0 Å². The van der Waals surface area contributed by atoms with Crippen LogP contribution in [0.1, 0.15) is 44.4 Å². The lowest BCUT2D eigenvalue weighted by Gasteiger charge is -2.24. The first-order chi connectivity index (χ1) is 14.9. The van der Waals surface area contributed by atoms with Crippen LogP contribution in [-0.4, -0.2) is 38.5 Å². The number of aryl methyl sites for hydroxylation is 1. The summed E-state index contributed by atoms with van der Waals surface area (Å²) >= 11 is 0. The third-order valence-corrected chi connectivity index (χ3v) is 5.12. The molecule has 0 spiro atoms. The van der Waals surface area contributed by atoms with Gasteiger partial charge in [-0.15, -0.1) is 10.2 Å². The van der Waals surface area contributed by atoms with Crippen LogP contribution in [-0.2, 0) is 16.0 Å². The van der Waals surface area contributed by atoms with E-state index in [1.54, 1.807) is 0 Å². The summed E-state index contributed by atoms with van der Waals surface area (Å²) in [5.74, 6) is 0.155. The van der Waals surface area contributed by atoms with E-state index >= 15 is 0 Å². The predicted molar refractivity (Wildman–Crippen MR) is 118 cm³/mol. The van der Waals surface area contributed by atoms with Crippen molar-refractivity contribution in [2.75, 3.05) is 0 Å². The zero-order chi connectivity index (χ0) is 22.2. The smallest absolute Gasteiger partial charge is 0.243 e. The highest BCUT2D eigenvalue weighted by Crippen LogP contribution is 2.19. The highest BCUT2D eigenvalue weighted by Gasteiger charge is 2.25. The van der Waals surface area contributed by atoms with Crippen molar-refractivity contribution in [3.05, 3.63) is 65.7 Å². The number of nitrogens with one attached hydrogen (secondary N) is 3. The Bertz CT molecular complexity index is 971. The highest BCUT2D eigenvalue weighted by atomic mass is 16.2. The fourth-order valence-corrected chi connectivity index (χ4v) is 3.27. The van der Waals surface area contributed by atoms with Crippen LogP contribution in [0, 0.1) is 5.92 Å². The summed E-state index contributed by atoms with van der Waals surface area (Å²) in [5.41, 5.74) is 2.88. The number of rotatable bonds is 9. The fourth-order valence-electron chi connectivity index (χ4n) is 3.27. The number of carbonyl (C=O) groups is 2. The van der Waals surface area contributed by atoms with Gasteiger partial charge in [0, 0.05) is 12.0 Å². The molecule has 0 bridgehead atoms. The van der Waals surface area contributed by atoms with Gasteiger partial charge in [0.1, 0.15) is 6.04 Å². The summed E-state index contributed by atoms with van der Waals surface area (Å²) in [6, 6.07) is 16.6. The first-order valence-electron chi connectivity index (χ1n) is 10.4. The SMILES string of the molecule is CC(NC(=O)C(NC(=O)CCc1ccccc1)C(C)C)c1ccc(-c2nn[nH]n2)cc1. The highest BCUT2D eigenvalue weighted by molar-refractivity contribution is 5.88. The third kappa shape index (κ3) is 6.21. The second-order valence-corrected chi connectivity index (χ2v) is 7.86. The van der Waals surface area contributed by atoms with Crippen LogP contribution in [0.2, 0.25) is 0 Å². The first kappa shape index (κ1) is 22.1. The maximum Gasteiger partial charge on any atom is 0.243 e. The Balaban J connectivity index is 1.56. The average Bonchev–Trinajstić information content (AvgIpc) is 3.31. The van der Waals surface area contributed by atoms with Crippen molar-refractivity contribution in [3.63, 3.8) is 0 Å². The van der Waals surface area contributed by atoms with Crippen LogP contribution >= 0.6 is 0 Å². The van der Waals surface area contributed by atoms with E-state index in [-0.39, 0.29) is 23.8 Å². The Kier molecular flexibility index (Phi) is 7.48. The minimum atomic E-state index is -0.593. The number of hydrogen-bond acceptors (Lipinski definition) is 5. The summed E-state index contributed by atoms with van der Waals surface area (Å²) in [4.78, 5) is 25.3. The fraction of sp³-hybridized carbons (Fsp3) is 0.348. The van der Waals surface area contributed by atoms with Gasteiger partial charge in [-0.2, -0.15) is 5.21 Å². The maximum absolute atomic E-state index is 12.9. The van der Waals surface area contributed by atoms with Gasteiger partial charge in [-0.05, 0) is 35.6 Å². The van der Waals surface area contributed by atoms with Crippen LogP contribution in [0.5, 0.6) is 0 Å². The lowest BCUT2D eigenvalue weighted by molar-refractivity contribution is -0.130. The quantitative estimate of drug-likeness (QED) is 0.493. The van der Waals surface area contributed by atoms with Crippen LogP contribution in [0.15, 0.2) is 54.6 Å². The van der Waals surface area contributed by atoms with Crippen molar-refractivity contribution in [2.45, 2.75) is 45.7 Å². The molecule has 162 valence electrons. The summed E-state index contributed by atoms with van der Waals surface area (Å²) in [6.45, 7) is 5.76. The zero-order valence-electron chi connectivity index (χ0n) is 18.0. The largest absolute Gasteiger partial charge is 0.348 e. The van der Waals surface area contributed by atoms with Crippen LogP contribution < -0.4 is 10.6 Å². The molecule has 0 saturated heterocycles. The molecule has 2 unspecified atom stereocenters. The average molecular weight is 421 g/mol. The second kappa shape index (κ2) is 10.5. The number of hydrogen-bond donors (Lipinski definition) is 3. The van der Waals surface area contributed by atoms with E-state index in [1.807, 2.05) is 75.4 Å². The normalized spacial score (nSPS) is 12.9. The molecule has 31 heavy (non-hydrogen) atoms. The number of carbonyl (C=O) groups excluding carboxylic acids is 2. The number of aromatic amines is 1. The van der Waals surface area contributed by atoms with Gasteiger partial charge < -0.3 is 10.6 Å². The maximum atomic E-state index is 12.9. The Morgan fingerprint density at radius 1 is 0.968 bits per heavy atom. The van der Waals surface area contributed by atoms with Gasteiger partial charge >= 0.3 is 0 Å². The molecule has 2 atom stereocenters. The molecule has 1 heterocycles. The number of H-pyrrole nitrogens is 1. The standard InChI is InChI=1S/C23H28N6O2/c1-15(2)21(25-20(30)14-9-17-7-5-4-6-8-17)23(31)24-16(3)18-10-12-19(13-11-18)22-26-28-29-27-22/h4-8,10-13,15-16,21H,9,14H2,1-3H3,(H,24,31)(H,25,30)(H,26,27,28,29). The Morgan fingerprint density at radius 2 is 1.68 bits per heavy atom. The lowest BCUT2D eigenvalue weighted by Crippen LogP contribution is -2.50. The molecule has 2 amide bonds. The van der Waals surface area contributed by atoms with Crippen molar-refractivity contribution in [1.29, 1.82) is 0 Å². The van der Waals surface area contributed by atoms with E-state index < -0.39 is 6.04 Å². The summed E-state index contributed by atoms with van der Waals surface area (Å²) in [7, 11) is 0. The van der Waals surface area contributed by atoms with E-state index in [0.29, 0.717) is 18.7 Å². The predicted octanol–water partition coefficient (Wildman–Crippen LogP) is 2.82. The minimum absolute atomic E-state index is 0.0338. The lowest BCUT2D eigenvalue weighted by atomic mass is 10.0. The molecule has 0 radical (unpaired) electrons. The van der Waals surface area contributed by atoms with Gasteiger partial charge in [-0.3, -0.25) is 9.59 Å². The van der Waals surface area contributed by atoms with Crippen molar-refractivity contribution < 1.29 is 9.59 Å². The molecule has 2 aromatic carbocycles. The van der Waals surface area contributed by atoms with Crippen LogP contribution in [0.3, 0.4) is 0 Å². The number of tetrazole rings is 1. The molecular weight excluding hydrogens is 392 g/mol. The summed E-state index contributed by atoms with van der Waals surface area (Å²) in [5, 5.41) is 19.8. The van der Waals surface area contributed by atoms with Crippen LogP contribution in [0.25, 0.3) is 11.4 Å². The van der Waals surface area contributed by atoms with E-state index in [1.165, 1.54) is 0 Å². The minimum Gasteiger partial charge on any atom is -0.348 e. The molecule has 8 nitrogen and oxygen atoms in total. The molecule has 0 aliphatic carbocycles. The van der Waals surface area contributed by atoms with Gasteiger partial charge in [0.15, 0.2) is 0 Å². The molecule has 0 aliphatic rings. The molecule has 0 fully saturated rings. The van der Waals surface area contributed by atoms with Crippen molar-refractivity contribution in [1.82, 2.24) is 31.3 Å². The van der Waals surface area contributed by atoms with E-state index in [4.69, 9.17) is 0 Å². The number of nitrogens with zero attached hydrogens (tertiary/aromatic N) is 3. The topological polar surface area (TPSA) is 113 Å². The molecular formula is C23H28N6O2. The van der Waals surface area contributed by atoms with Crippen molar-refractivity contribution in [2.24, 2.45) is 5.92 Å². The molecule has 8 heteroatoms. The zero-order valence-corrected chi connectivity index (χ0v) is 18.0. The molecule has 3 aromatic rings. The third-order valence-electron chi connectivity index (χ3n) is 5.12. The number of benzene rings is 2. The molecule has 3 rings (SSSR count). The Labute approximate surface area is 181 Å². The van der Waals surface area contributed by atoms with Gasteiger partial charge in [0.05, 0.1) is 6.04 Å². The second-order valence-electron chi connectivity index (χ2n) is 7.86. The summed E-state index contributed by atoms with van der Waals surface area (Å²) < 4.78 is 0. The van der Waals surface area contributed by atoms with E-state index in [2.05, 4.69) is 31.3 Å². The van der Waals surface area contributed by atoms with Crippen molar-refractivity contribution in [3.8, 4) is 11.4 Å². The van der Waals surface area contributed by atoms with Gasteiger partial charge in [0.2, 0.25) is 17.6 Å². The number of amides is 2.